The van der Waals surface area contributed by atoms with Crippen LogP contribution in [0.5, 0.6) is 0 Å². The van der Waals surface area contributed by atoms with Crippen molar-refractivity contribution >= 4 is 21.9 Å². The van der Waals surface area contributed by atoms with Gasteiger partial charge in [-0.2, -0.15) is 0 Å². The van der Waals surface area contributed by atoms with Crippen LogP contribution in [0.15, 0.2) is 0 Å². The highest BCUT2D eigenvalue weighted by atomic mass is 32.2. The van der Waals surface area contributed by atoms with Crippen molar-refractivity contribution in [3.63, 3.8) is 0 Å². The van der Waals surface area contributed by atoms with E-state index in [0.717, 1.165) is 4.31 Å². The number of carbonyl (C=O) groups excluding carboxylic acids is 1. The van der Waals surface area contributed by atoms with Gasteiger partial charge in [-0.1, -0.05) is 13.8 Å². The lowest BCUT2D eigenvalue weighted by atomic mass is 10.0. The van der Waals surface area contributed by atoms with E-state index in [1.807, 2.05) is 0 Å². The van der Waals surface area contributed by atoms with Crippen LogP contribution in [0.4, 0.5) is 0 Å². The minimum Gasteiger partial charge on any atom is -0.480 e. The maximum atomic E-state index is 11.5. The van der Waals surface area contributed by atoms with Gasteiger partial charge in [0.05, 0.1) is 5.75 Å². The van der Waals surface area contributed by atoms with Crippen LogP contribution < -0.4 is 5.32 Å². The van der Waals surface area contributed by atoms with Crippen LogP contribution in [0, 0.1) is 5.92 Å². The number of hydrogen-bond acceptors (Lipinski definition) is 4. The molecule has 0 bridgehead atoms. The largest absolute Gasteiger partial charge is 0.480 e. The van der Waals surface area contributed by atoms with E-state index >= 15 is 0 Å². The summed E-state index contributed by atoms with van der Waals surface area (Å²) in [5.74, 6) is -2.32. The van der Waals surface area contributed by atoms with Gasteiger partial charge in [0.15, 0.2) is 0 Å². The van der Waals surface area contributed by atoms with Crippen LogP contribution in [0.1, 0.15) is 20.3 Å². The Kier molecular flexibility index (Phi) is 6.27. The molecule has 106 valence electrons. The Morgan fingerprint density at radius 2 is 1.78 bits per heavy atom. The van der Waals surface area contributed by atoms with Crippen LogP contribution in [0.25, 0.3) is 0 Å². The Morgan fingerprint density at radius 3 is 2.11 bits per heavy atom. The molecule has 0 spiro atoms. The molecule has 0 heterocycles. The van der Waals surface area contributed by atoms with E-state index in [2.05, 4.69) is 5.32 Å². The standard InChI is InChI=1S/C10H20N2O5S/c1-7(2)9(10(14)15)11-8(13)5-6-18(16,17)12(3)4/h7,9H,5-6H2,1-4H3,(H,11,13)(H,14,15)/t9-/m1/s1. The van der Waals surface area contributed by atoms with Crippen LogP contribution in [0.3, 0.4) is 0 Å². The third-order valence-electron chi connectivity index (χ3n) is 2.39. The van der Waals surface area contributed by atoms with Crippen LogP contribution in [-0.4, -0.2) is 55.6 Å². The molecule has 0 aliphatic rings. The molecule has 1 atom stereocenters. The van der Waals surface area contributed by atoms with Crippen molar-refractivity contribution in [3.05, 3.63) is 0 Å². The first-order valence-electron chi connectivity index (χ1n) is 5.50. The Labute approximate surface area is 107 Å². The van der Waals surface area contributed by atoms with E-state index < -0.39 is 27.9 Å². The van der Waals surface area contributed by atoms with Crippen molar-refractivity contribution in [1.29, 1.82) is 0 Å². The van der Waals surface area contributed by atoms with Crippen molar-refractivity contribution in [2.75, 3.05) is 19.8 Å². The fourth-order valence-corrected chi connectivity index (χ4v) is 1.97. The first-order valence-corrected chi connectivity index (χ1v) is 7.11. The van der Waals surface area contributed by atoms with Gasteiger partial charge in [-0.25, -0.2) is 17.5 Å². The summed E-state index contributed by atoms with van der Waals surface area (Å²) in [6, 6.07) is -1.00. The van der Waals surface area contributed by atoms with Crippen molar-refractivity contribution in [2.24, 2.45) is 5.92 Å². The Bertz CT molecular complexity index is 402. The predicted molar refractivity (Wildman–Crippen MR) is 66.5 cm³/mol. The Hall–Kier alpha value is -1.15. The smallest absolute Gasteiger partial charge is 0.326 e. The molecule has 0 fully saturated rings. The lowest BCUT2D eigenvalue weighted by Crippen LogP contribution is -2.45. The summed E-state index contributed by atoms with van der Waals surface area (Å²) in [7, 11) is -0.692. The third-order valence-corrected chi connectivity index (χ3v) is 4.23. The van der Waals surface area contributed by atoms with Crippen LogP contribution >= 0.6 is 0 Å². The first kappa shape index (κ1) is 16.9. The zero-order valence-electron chi connectivity index (χ0n) is 11.0. The number of nitrogens with one attached hydrogen (secondary N) is 1. The first-order chi connectivity index (χ1) is 8.08. The van der Waals surface area contributed by atoms with E-state index in [4.69, 9.17) is 5.11 Å². The van der Waals surface area contributed by atoms with Crippen LogP contribution in [-0.2, 0) is 19.6 Å². The fraction of sp³-hybridized carbons (Fsp3) is 0.800. The number of carboxylic acid groups (broad SMARTS) is 1. The monoisotopic (exact) mass is 280 g/mol. The molecular weight excluding hydrogens is 260 g/mol. The van der Waals surface area contributed by atoms with E-state index in [1.54, 1.807) is 13.8 Å². The maximum absolute atomic E-state index is 11.5. The van der Waals surface area contributed by atoms with Gasteiger partial charge in [-0.3, -0.25) is 4.79 Å². The van der Waals surface area contributed by atoms with Gasteiger partial charge in [0.1, 0.15) is 6.04 Å². The minimum absolute atomic E-state index is 0.253. The molecular formula is C10H20N2O5S. The molecule has 0 saturated heterocycles. The Balaban J connectivity index is 4.40. The lowest BCUT2D eigenvalue weighted by molar-refractivity contribution is -0.143. The van der Waals surface area contributed by atoms with Gasteiger partial charge in [0, 0.05) is 20.5 Å². The average molecular weight is 280 g/mol. The second-order valence-electron chi connectivity index (χ2n) is 4.48. The highest BCUT2D eigenvalue weighted by Crippen LogP contribution is 2.03. The third kappa shape index (κ3) is 5.46. The molecule has 0 aromatic heterocycles. The highest BCUT2D eigenvalue weighted by molar-refractivity contribution is 7.89. The summed E-state index contributed by atoms with van der Waals surface area (Å²) in [5.41, 5.74) is 0. The molecule has 8 heteroatoms. The molecule has 0 radical (unpaired) electrons. The van der Waals surface area contributed by atoms with Gasteiger partial charge in [0.25, 0.3) is 0 Å². The van der Waals surface area contributed by atoms with Crippen LogP contribution in [0.2, 0.25) is 0 Å². The summed E-state index contributed by atoms with van der Waals surface area (Å²) in [4.78, 5) is 22.3. The van der Waals surface area contributed by atoms with Crippen molar-refractivity contribution < 1.29 is 23.1 Å². The molecule has 0 aromatic carbocycles. The van der Waals surface area contributed by atoms with Gasteiger partial charge >= 0.3 is 5.97 Å². The van der Waals surface area contributed by atoms with E-state index in [1.165, 1.54) is 14.1 Å². The molecule has 7 nitrogen and oxygen atoms in total. The molecule has 1 amide bonds. The van der Waals surface area contributed by atoms with Gasteiger partial charge < -0.3 is 10.4 Å². The van der Waals surface area contributed by atoms with Crippen molar-refractivity contribution in [2.45, 2.75) is 26.3 Å². The zero-order valence-corrected chi connectivity index (χ0v) is 11.8. The number of carboxylic acids is 1. The number of carbonyl (C=O) groups is 2. The molecule has 0 aliphatic heterocycles. The van der Waals surface area contributed by atoms with E-state index in [0.29, 0.717) is 0 Å². The molecule has 0 aliphatic carbocycles. The molecule has 0 unspecified atom stereocenters. The molecule has 2 N–H and O–H groups in total. The summed E-state index contributed by atoms with van der Waals surface area (Å²) in [6.07, 6.45) is -0.253. The second kappa shape index (κ2) is 6.69. The van der Waals surface area contributed by atoms with E-state index in [-0.39, 0.29) is 18.1 Å². The number of rotatable bonds is 7. The summed E-state index contributed by atoms with van der Waals surface area (Å²) in [6.45, 7) is 3.32. The molecule has 0 aromatic rings. The summed E-state index contributed by atoms with van der Waals surface area (Å²) in [5, 5.41) is 11.2. The second-order valence-corrected chi connectivity index (χ2v) is 6.78. The maximum Gasteiger partial charge on any atom is 0.326 e. The summed E-state index contributed by atoms with van der Waals surface area (Å²) >= 11 is 0. The number of hydrogen-bond donors (Lipinski definition) is 2. The number of amides is 1. The molecule has 0 saturated carbocycles. The number of nitrogens with zero attached hydrogens (tertiary/aromatic N) is 1. The lowest BCUT2D eigenvalue weighted by Gasteiger charge is -2.18. The number of aliphatic carboxylic acids is 1. The van der Waals surface area contributed by atoms with Gasteiger partial charge in [0.2, 0.25) is 15.9 Å². The SMILES string of the molecule is CC(C)[C@@H](NC(=O)CCS(=O)(=O)N(C)C)C(=O)O. The van der Waals surface area contributed by atoms with Gasteiger partial charge in [-0.05, 0) is 5.92 Å². The number of sulfonamides is 1. The van der Waals surface area contributed by atoms with Gasteiger partial charge in [-0.15, -0.1) is 0 Å². The topological polar surface area (TPSA) is 104 Å². The Morgan fingerprint density at radius 1 is 1.28 bits per heavy atom. The normalized spacial score (nSPS) is 13.7. The van der Waals surface area contributed by atoms with E-state index in [9.17, 15) is 18.0 Å². The quantitative estimate of drug-likeness (QED) is 0.654. The predicted octanol–water partition coefficient (Wildman–Crippen LogP) is -0.507. The zero-order chi connectivity index (χ0) is 14.5. The highest BCUT2D eigenvalue weighted by Gasteiger charge is 2.24. The van der Waals surface area contributed by atoms with Crippen molar-refractivity contribution in [3.8, 4) is 0 Å². The minimum atomic E-state index is -3.44. The molecule has 18 heavy (non-hydrogen) atoms. The molecule has 0 rings (SSSR count). The summed E-state index contributed by atoms with van der Waals surface area (Å²) < 4.78 is 23.9. The average Bonchev–Trinajstić information content (AvgIpc) is 2.22. The van der Waals surface area contributed by atoms with Crippen molar-refractivity contribution in [1.82, 2.24) is 9.62 Å². The fourth-order valence-electron chi connectivity index (χ4n) is 1.16.